The Balaban J connectivity index is 2.10. The number of hydrogen-bond acceptors (Lipinski definition) is 3. The van der Waals surface area contributed by atoms with Gasteiger partial charge in [0.25, 0.3) is 0 Å². The highest BCUT2D eigenvalue weighted by atomic mass is 16.5. The second-order valence-corrected chi connectivity index (χ2v) is 4.99. The summed E-state index contributed by atoms with van der Waals surface area (Å²) in [4.78, 5) is 0. The molecule has 108 valence electrons. The summed E-state index contributed by atoms with van der Waals surface area (Å²) in [7, 11) is 1.66. The number of benzene rings is 1. The number of rotatable bonds is 6. The summed E-state index contributed by atoms with van der Waals surface area (Å²) in [5.74, 6) is 0.782. The van der Waals surface area contributed by atoms with E-state index in [4.69, 9.17) is 10.5 Å². The monoisotopic (exact) mass is 273 g/mol. The molecule has 20 heavy (non-hydrogen) atoms. The lowest BCUT2D eigenvalue weighted by atomic mass is 10.00. The molecule has 2 rings (SSSR count). The molecule has 0 saturated carbocycles. The largest absolute Gasteiger partial charge is 0.493 e. The third-order valence-corrected chi connectivity index (χ3v) is 3.70. The highest BCUT2D eigenvalue weighted by molar-refractivity contribution is 5.29. The summed E-state index contributed by atoms with van der Waals surface area (Å²) in [6, 6.07) is 8.37. The zero-order chi connectivity index (χ0) is 14.5. The summed E-state index contributed by atoms with van der Waals surface area (Å²) in [6.07, 6.45) is 3.59. The molecular formula is C16H23N3O. The van der Waals surface area contributed by atoms with Crippen molar-refractivity contribution in [2.75, 3.05) is 7.11 Å². The zero-order valence-electron chi connectivity index (χ0n) is 12.5. The molecule has 2 aromatic rings. The number of aromatic nitrogens is 2. The van der Waals surface area contributed by atoms with Crippen molar-refractivity contribution >= 4 is 0 Å². The maximum absolute atomic E-state index is 6.35. The van der Waals surface area contributed by atoms with Crippen LogP contribution in [0.1, 0.15) is 36.2 Å². The van der Waals surface area contributed by atoms with E-state index in [9.17, 15) is 0 Å². The minimum absolute atomic E-state index is 0.0630. The van der Waals surface area contributed by atoms with Gasteiger partial charge in [0.1, 0.15) is 0 Å². The average Bonchev–Trinajstić information content (AvgIpc) is 2.89. The van der Waals surface area contributed by atoms with E-state index in [0.29, 0.717) is 0 Å². The van der Waals surface area contributed by atoms with Gasteiger partial charge in [-0.3, -0.25) is 4.68 Å². The molecule has 0 fully saturated rings. The van der Waals surface area contributed by atoms with E-state index in [-0.39, 0.29) is 6.04 Å². The van der Waals surface area contributed by atoms with Gasteiger partial charge in [0.15, 0.2) is 5.75 Å². The molecule has 0 radical (unpaired) electrons. The van der Waals surface area contributed by atoms with Gasteiger partial charge in [-0.15, -0.1) is 0 Å². The Bertz CT molecular complexity index is 541. The van der Waals surface area contributed by atoms with E-state index in [1.54, 1.807) is 13.3 Å². The molecule has 0 saturated heterocycles. The molecule has 0 aliphatic carbocycles. The predicted molar refractivity (Wildman–Crippen MR) is 80.9 cm³/mol. The van der Waals surface area contributed by atoms with E-state index in [0.717, 1.165) is 30.8 Å². The third kappa shape index (κ3) is 3.02. The quantitative estimate of drug-likeness (QED) is 0.880. The van der Waals surface area contributed by atoms with Crippen LogP contribution in [0.25, 0.3) is 0 Å². The van der Waals surface area contributed by atoms with Crippen molar-refractivity contribution < 1.29 is 4.74 Å². The first-order valence-corrected chi connectivity index (χ1v) is 7.07. The van der Waals surface area contributed by atoms with Crippen LogP contribution in [0.4, 0.5) is 0 Å². The lowest BCUT2D eigenvalue weighted by Gasteiger charge is -2.15. The third-order valence-electron chi connectivity index (χ3n) is 3.70. The first-order chi connectivity index (χ1) is 9.67. The summed E-state index contributed by atoms with van der Waals surface area (Å²) in [5.41, 5.74) is 10.0. The first kappa shape index (κ1) is 14.6. The van der Waals surface area contributed by atoms with Crippen LogP contribution in [0.5, 0.6) is 5.75 Å². The fourth-order valence-corrected chi connectivity index (χ4v) is 2.50. The first-order valence-electron chi connectivity index (χ1n) is 7.07. The molecule has 0 aliphatic heterocycles. The van der Waals surface area contributed by atoms with E-state index in [1.807, 2.05) is 4.68 Å². The Morgan fingerprint density at radius 1 is 1.35 bits per heavy atom. The second kappa shape index (κ2) is 6.57. The molecule has 4 heteroatoms. The van der Waals surface area contributed by atoms with Gasteiger partial charge >= 0.3 is 0 Å². The molecule has 0 bridgehead atoms. The van der Waals surface area contributed by atoms with Crippen LogP contribution in [-0.2, 0) is 13.0 Å². The van der Waals surface area contributed by atoms with Crippen LogP contribution < -0.4 is 10.5 Å². The minimum atomic E-state index is -0.0630. The van der Waals surface area contributed by atoms with Gasteiger partial charge in [-0.2, -0.15) is 5.10 Å². The van der Waals surface area contributed by atoms with E-state index in [2.05, 4.69) is 43.2 Å². The van der Waals surface area contributed by atoms with Crippen molar-refractivity contribution in [1.29, 1.82) is 0 Å². The number of hydrogen-bond donors (Lipinski definition) is 1. The summed E-state index contributed by atoms with van der Waals surface area (Å²) < 4.78 is 7.28. The Kier molecular flexibility index (Phi) is 4.79. The molecule has 1 heterocycles. The van der Waals surface area contributed by atoms with Gasteiger partial charge in [0, 0.05) is 6.54 Å². The summed E-state index contributed by atoms with van der Waals surface area (Å²) in [5, 5.41) is 4.31. The molecule has 0 amide bonds. The van der Waals surface area contributed by atoms with Crippen molar-refractivity contribution in [3.63, 3.8) is 0 Å². The fraction of sp³-hybridized carbons (Fsp3) is 0.438. The van der Waals surface area contributed by atoms with Crippen LogP contribution in [0.2, 0.25) is 0 Å². The van der Waals surface area contributed by atoms with Crippen LogP contribution in [0, 0.1) is 6.92 Å². The molecule has 0 aliphatic rings. The molecule has 2 N–H and O–H groups in total. The maximum atomic E-state index is 6.35. The topological polar surface area (TPSA) is 53.1 Å². The molecule has 1 aromatic carbocycles. The number of ether oxygens (including phenoxy) is 1. The van der Waals surface area contributed by atoms with Gasteiger partial charge in [-0.1, -0.05) is 24.3 Å². The Hall–Kier alpha value is -1.81. The highest BCUT2D eigenvalue weighted by Crippen LogP contribution is 2.26. The lowest BCUT2D eigenvalue weighted by molar-refractivity contribution is 0.399. The van der Waals surface area contributed by atoms with Crippen LogP contribution in [0.3, 0.4) is 0 Å². The molecule has 1 aromatic heterocycles. The zero-order valence-corrected chi connectivity index (χ0v) is 12.5. The molecule has 1 atom stereocenters. The maximum Gasteiger partial charge on any atom is 0.161 e. The average molecular weight is 273 g/mol. The van der Waals surface area contributed by atoms with Gasteiger partial charge < -0.3 is 10.5 Å². The minimum Gasteiger partial charge on any atom is -0.493 e. The Labute approximate surface area is 120 Å². The molecular weight excluding hydrogens is 250 g/mol. The van der Waals surface area contributed by atoms with Gasteiger partial charge in [0.2, 0.25) is 0 Å². The van der Waals surface area contributed by atoms with Crippen LogP contribution in [0.15, 0.2) is 30.5 Å². The number of nitrogens with two attached hydrogens (primary N) is 1. The molecule has 4 nitrogen and oxygen atoms in total. The molecule has 1 unspecified atom stereocenters. The highest BCUT2D eigenvalue weighted by Gasteiger charge is 2.18. The number of aryl methyl sites for hydroxylation is 3. The van der Waals surface area contributed by atoms with Crippen molar-refractivity contribution in [2.45, 2.75) is 39.3 Å². The van der Waals surface area contributed by atoms with Crippen molar-refractivity contribution in [1.82, 2.24) is 9.78 Å². The smallest absolute Gasteiger partial charge is 0.161 e. The van der Waals surface area contributed by atoms with Crippen molar-refractivity contribution in [2.24, 2.45) is 5.73 Å². The van der Waals surface area contributed by atoms with E-state index in [1.165, 1.54) is 11.1 Å². The summed E-state index contributed by atoms with van der Waals surface area (Å²) in [6.45, 7) is 5.00. The van der Waals surface area contributed by atoms with Gasteiger partial charge in [0.05, 0.1) is 25.0 Å². The SMILES string of the molecule is CCn1ncc(OC)c1C(N)CCc1ccccc1C. The predicted octanol–water partition coefficient (Wildman–Crippen LogP) is 2.85. The fourth-order valence-electron chi connectivity index (χ4n) is 2.50. The Morgan fingerprint density at radius 2 is 2.10 bits per heavy atom. The van der Waals surface area contributed by atoms with Crippen LogP contribution in [-0.4, -0.2) is 16.9 Å². The number of nitrogens with zero attached hydrogens (tertiary/aromatic N) is 2. The summed E-state index contributed by atoms with van der Waals surface area (Å²) >= 11 is 0. The van der Waals surface area contributed by atoms with E-state index < -0.39 is 0 Å². The standard InChI is InChI=1S/C16H23N3O/c1-4-19-16(15(20-3)11-18-19)14(17)10-9-13-8-6-5-7-12(13)2/h5-8,11,14H,4,9-10,17H2,1-3H3. The lowest BCUT2D eigenvalue weighted by Crippen LogP contribution is -2.17. The number of methoxy groups -OCH3 is 1. The van der Waals surface area contributed by atoms with E-state index >= 15 is 0 Å². The van der Waals surface area contributed by atoms with Gasteiger partial charge in [-0.25, -0.2) is 0 Å². The Morgan fingerprint density at radius 3 is 2.75 bits per heavy atom. The molecule has 0 spiro atoms. The van der Waals surface area contributed by atoms with Gasteiger partial charge in [-0.05, 0) is 37.8 Å². The van der Waals surface area contributed by atoms with Crippen molar-refractivity contribution in [3.05, 3.63) is 47.3 Å². The van der Waals surface area contributed by atoms with Crippen molar-refractivity contribution in [3.8, 4) is 5.75 Å². The van der Waals surface area contributed by atoms with Crippen LogP contribution >= 0.6 is 0 Å². The second-order valence-electron chi connectivity index (χ2n) is 4.99. The normalized spacial score (nSPS) is 12.4.